The van der Waals surface area contributed by atoms with Gasteiger partial charge in [0.1, 0.15) is 11.8 Å². The Bertz CT molecular complexity index is 744. The molecule has 3 fully saturated rings. The smallest absolute Gasteiger partial charge is 0.227 e. The van der Waals surface area contributed by atoms with Crippen molar-refractivity contribution in [3.05, 3.63) is 46.5 Å². The Morgan fingerprint density at radius 2 is 2.04 bits per heavy atom. The van der Waals surface area contributed by atoms with Crippen molar-refractivity contribution in [3.63, 3.8) is 0 Å². The molecule has 3 aliphatic heterocycles. The summed E-state index contributed by atoms with van der Waals surface area (Å²) < 4.78 is 1.00. The van der Waals surface area contributed by atoms with E-state index < -0.39 is 0 Å². The fourth-order valence-electron chi connectivity index (χ4n) is 3.42. The van der Waals surface area contributed by atoms with Crippen LogP contribution in [0.5, 0.6) is 0 Å². The van der Waals surface area contributed by atoms with Gasteiger partial charge in [-0.3, -0.25) is 9.88 Å². The lowest BCUT2D eigenvalue weighted by Crippen LogP contribution is -2.69. The predicted octanol–water partition coefficient (Wildman–Crippen LogP) is 1.97. The third-order valence-electron chi connectivity index (χ3n) is 4.43. The molecule has 2 atom stereocenters. The number of halogens is 1. The van der Waals surface area contributed by atoms with E-state index in [1.54, 1.807) is 12.3 Å². The maximum Gasteiger partial charge on any atom is 0.227 e. The second-order valence-electron chi connectivity index (χ2n) is 5.97. The number of piperazine rings is 1. The van der Waals surface area contributed by atoms with E-state index in [1.807, 2.05) is 12.3 Å². The summed E-state index contributed by atoms with van der Waals surface area (Å²) in [5.41, 5.74) is 1.51. The number of piperidine rings is 1. The zero-order valence-corrected chi connectivity index (χ0v) is 14.0. The van der Waals surface area contributed by atoms with Crippen LogP contribution in [0, 0.1) is 11.3 Å². The number of hydrogen-bond donors (Lipinski definition) is 0. The number of anilines is 1. The van der Waals surface area contributed by atoms with Gasteiger partial charge < -0.3 is 4.90 Å². The van der Waals surface area contributed by atoms with E-state index in [9.17, 15) is 0 Å². The number of pyridine rings is 1. The van der Waals surface area contributed by atoms with Crippen molar-refractivity contribution in [2.45, 2.75) is 25.0 Å². The average Bonchev–Trinajstić information content (AvgIpc) is 2.57. The largest absolute Gasteiger partial charge is 0.332 e. The van der Waals surface area contributed by atoms with Crippen LogP contribution < -0.4 is 4.90 Å². The molecule has 3 aliphatic rings. The van der Waals surface area contributed by atoms with E-state index in [0.29, 0.717) is 23.7 Å². The van der Waals surface area contributed by atoms with Gasteiger partial charge in [-0.25, -0.2) is 9.97 Å². The summed E-state index contributed by atoms with van der Waals surface area (Å²) in [6.07, 6.45) is 4.68. The van der Waals surface area contributed by atoms with Crippen LogP contribution in [0.3, 0.4) is 0 Å². The van der Waals surface area contributed by atoms with Crippen LogP contribution in [0.1, 0.15) is 17.8 Å². The number of nitriles is 1. The number of hydrogen-bond acceptors (Lipinski definition) is 6. The lowest BCUT2D eigenvalue weighted by Gasteiger charge is -2.56. The zero-order chi connectivity index (χ0) is 15.8. The van der Waals surface area contributed by atoms with Crippen LogP contribution in [0.2, 0.25) is 0 Å². The van der Waals surface area contributed by atoms with Gasteiger partial charge in [0.25, 0.3) is 0 Å². The molecule has 0 N–H and O–H groups in total. The lowest BCUT2D eigenvalue weighted by molar-refractivity contribution is 0.105. The minimum absolute atomic E-state index is 0.427. The predicted molar refractivity (Wildman–Crippen MR) is 88.6 cm³/mol. The van der Waals surface area contributed by atoms with Crippen molar-refractivity contribution in [1.29, 1.82) is 5.26 Å². The van der Waals surface area contributed by atoms with Crippen molar-refractivity contribution < 1.29 is 0 Å². The number of fused-ring (bicyclic) bond motifs is 2. The second-order valence-corrected chi connectivity index (χ2v) is 6.88. The maximum absolute atomic E-state index is 8.99. The standard InChI is InChI=1S/C16H15BrN6/c17-11-1-2-13(20-7-11)8-22-9-14-5-15(10-22)23(14)16-19-4-3-12(6-18)21-16/h1-4,7,14-15H,5,8-10H2. The van der Waals surface area contributed by atoms with E-state index in [-0.39, 0.29) is 0 Å². The van der Waals surface area contributed by atoms with Crippen molar-refractivity contribution in [2.75, 3.05) is 18.0 Å². The lowest BCUT2D eigenvalue weighted by atomic mass is 9.88. The molecule has 116 valence electrons. The van der Waals surface area contributed by atoms with Gasteiger partial charge in [-0.1, -0.05) is 0 Å². The Kier molecular flexibility index (Phi) is 3.71. The van der Waals surface area contributed by atoms with Gasteiger partial charge in [-0.05, 0) is 40.5 Å². The summed E-state index contributed by atoms with van der Waals surface area (Å²) in [6, 6.07) is 8.67. The van der Waals surface area contributed by atoms with Crippen LogP contribution in [-0.4, -0.2) is 45.0 Å². The monoisotopic (exact) mass is 370 g/mol. The molecule has 2 bridgehead atoms. The van der Waals surface area contributed by atoms with Crippen LogP contribution in [0.25, 0.3) is 0 Å². The van der Waals surface area contributed by atoms with Gasteiger partial charge in [-0.15, -0.1) is 0 Å². The Hall–Kier alpha value is -2.04. The highest BCUT2D eigenvalue weighted by Crippen LogP contribution is 2.35. The second kappa shape index (κ2) is 5.87. The molecule has 5 heterocycles. The number of rotatable bonds is 3. The number of nitrogens with zero attached hydrogens (tertiary/aromatic N) is 6. The molecule has 0 aliphatic carbocycles. The molecule has 7 heteroatoms. The molecule has 0 amide bonds. The van der Waals surface area contributed by atoms with Crippen molar-refractivity contribution in [2.24, 2.45) is 0 Å². The molecular formula is C16H15BrN6. The third-order valence-corrected chi connectivity index (χ3v) is 4.90. The summed E-state index contributed by atoms with van der Waals surface area (Å²) in [5, 5.41) is 8.99. The normalized spacial score (nSPS) is 23.2. The average molecular weight is 371 g/mol. The van der Waals surface area contributed by atoms with Gasteiger partial charge in [-0.2, -0.15) is 5.26 Å². The highest BCUT2D eigenvalue weighted by atomic mass is 79.9. The summed E-state index contributed by atoms with van der Waals surface area (Å²) in [7, 11) is 0. The van der Waals surface area contributed by atoms with Gasteiger partial charge in [0.2, 0.25) is 5.95 Å². The van der Waals surface area contributed by atoms with E-state index in [4.69, 9.17) is 5.26 Å². The molecular weight excluding hydrogens is 356 g/mol. The molecule has 0 radical (unpaired) electrons. The number of aromatic nitrogens is 3. The summed E-state index contributed by atoms with van der Waals surface area (Å²) >= 11 is 3.41. The minimum atomic E-state index is 0.427. The van der Waals surface area contributed by atoms with Crippen LogP contribution >= 0.6 is 15.9 Å². The summed E-state index contributed by atoms with van der Waals surface area (Å²) in [6.45, 7) is 2.83. The van der Waals surface area contributed by atoms with Crippen LogP contribution in [-0.2, 0) is 6.54 Å². The third kappa shape index (κ3) is 2.80. The quantitative estimate of drug-likeness (QED) is 0.822. The molecule has 0 saturated carbocycles. The van der Waals surface area contributed by atoms with Gasteiger partial charge >= 0.3 is 0 Å². The highest BCUT2D eigenvalue weighted by Gasteiger charge is 2.45. The zero-order valence-electron chi connectivity index (χ0n) is 12.4. The topological polar surface area (TPSA) is 68.9 Å². The van der Waals surface area contributed by atoms with Crippen molar-refractivity contribution >= 4 is 21.9 Å². The molecule has 2 aromatic heterocycles. The minimum Gasteiger partial charge on any atom is -0.332 e. The molecule has 2 aromatic rings. The fraction of sp³-hybridized carbons (Fsp3) is 0.375. The summed E-state index contributed by atoms with van der Waals surface area (Å²) in [5.74, 6) is 0.687. The van der Waals surface area contributed by atoms with Crippen molar-refractivity contribution in [1.82, 2.24) is 19.9 Å². The Morgan fingerprint density at radius 3 is 2.74 bits per heavy atom. The van der Waals surface area contributed by atoms with E-state index in [2.05, 4.69) is 52.8 Å². The first-order valence-electron chi connectivity index (χ1n) is 7.57. The molecule has 0 spiro atoms. The molecule has 2 unspecified atom stereocenters. The first kappa shape index (κ1) is 14.5. The molecule has 0 aromatic carbocycles. The first-order valence-corrected chi connectivity index (χ1v) is 8.36. The van der Waals surface area contributed by atoms with E-state index in [0.717, 1.165) is 29.8 Å². The Morgan fingerprint density at radius 1 is 1.22 bits per heavy atom. The Balaban J connectivity index is 1.44. The SMILES string of the molecule is N#Cc1ccnc(N2C3CC2CN(Cc2ccc(Br)cn2)C3)n1. The van der Waals surface area contributed by atoms with E-state index in [1.165, 1.54) is 6.42 Å². The maximum atomic E-state index is 8.99. The van der Waals surface area contributed by atoms with Gasteiger partial charge in [0.15, 0.2) is 0 Å². The molecule has 5 rings (SSSR count). The Labute approximate surface area is 142 Å². The van der Waals surface area contributed by atoms with Gasteiger partial charge in [0, 0.05) is 48.6 Å². The van der Waals surface area contributed by atoms with E-state index >= 15 is 0 Å². The first-order chi connectivity index (χ1) is 11.2. The van der Waals surface area contributed by atoms with Crippen LogP contribution in [0.15, 0.2) is 35.1 Å². The highest BCUT2D eigenvalue weighted by molar-refractivity contribution is 9.10. The fourth-order valence-corrected chi connectivity index (χ4v) is 3.65. The molecule has 6 nitrogen and oxygen atoms in total. The van der Waals surface area contributed by atoms with Crippen LogP contribution in [0.4, 0.5) is 5.95 Å². The molecule has 3 saturated heterocycles. The van der Waals surface area contributed by atoms with Gasteiger partial charge in [0.05, 0.1) is 5.69 Å². The summed E-state index contributed by atoms with van der Waals surface area (Å²) in [4.78, 5) is 17.8. The molecule has 23 heavy (non-hydrogen) atoms. The van der Waals surface area contributed by atoms with Crippen molar-refractivity contribution in [3.8, 4) is 6.07 Å².